The molecule has 5 rings (SSSR count). The Morgan fingerprint density at radius 2 is 1.53 bits per heavy atom. The fourth-order valence-electron chi connectivity index (χ4n) is 4.94. The lowest BCUT2D eigenvalue weighted by molar-refractivity contribution is 0.411. The predicted molar refractivity (Wildman–Crippen MR) is 144 cm³/mol. The van der Waals surface area contributed by atoms with Gasteiger partial charge in [0.2, 0.25) is 0 Å². The summed E-state index contributed by atoms with van der Waals surface area (Å²) in [5.74, 6) is 0. The second-order valence-corrected chi connectivity index (χ2v) is 12.0. The van der Waals surface area contributed by atoms with Crippen molar-refractivity contribution in [3.8, 4) is 11.3 Å². The van der Waals surface area contributed by atoms with Crippen molar-refractivity contribution in [2.45, 2.75) is 67.2 Å². The molecule has 0 saturated heterocycles. The van der Waals surface area contributed by atoms with E-state index < -0.39 is 0 Å². The maximum absolute atomic E-state index is 6.45. The molecule has 0 aliphatic rings. The molecule has 3 heteroatoms. The van der Waals surface area contributed by atoms with Crippen LogP contribution in [0.15, 0.2) is 53.2 Å². The van der Waals surface area contributed by atoms with Crippen LogP contribution in [0.3, 0.4) is 0 Å². The van der Waals surface area contributed by atoms with Crippen LogP contribution in [0.5, 0.6) is 0 Å². The summed E-state index contributed by atoms with van der Waals surface area (Å²) in [5, 5.41) is 3.58. The van der Waals surface area contributed by atoms with E-state index in [-0.39, 0.29) is 10.8 Å². The molecule has 0 aliphatic carbocycles. The Hall–Kier alpha value is -3.20. The molecule has 3 aromatic carbocycles. The van der Waals surface area contributed by atoms with Gasteiger partial charge in [-0.05, 0) is 88.4 Å². The number of furan rings is 1. The summed E-state index contributed by atoms with van der Waals surface area (Å²) in [4.78, 5) is 9.33. The normalized spacial score (nSPS) is 12.8. The van der Waals surface area contributed by atoms with Crippen LogP contribution in [-0.2, 0) is 11.8 Å². The molecule has 0 spiro atoms. The minimum atomic E-state index is -0.00214. The van der Waals surface area contributed by atoms with Crippen LogP contribution in [0.2, 0.25) is 0 Å². The fourth-order valence-corrected chi connectivity index (χ4v) is 4.94. The summed E-state index contributed by atoms with van der Waals surface area (Å²) in [6.45, 7) is 18.0. The molecule has 34 heavy (non-hydrogen) atoms. The number of fused-ring (bicyclic) bond motifs is 4. The van der Waals surface area contributed by atoms with Gasteiger partial charge in [-0.15, -0.1) is 0 Å². The zero-order chi connectivity index (χ0) is 24.4. The van der Waals surface area contributed by atoms with Crippen LogP contribution < -0.4 is 0 Å². The topological polar surface area (TPSA) is 38.9 Å². The fraction of sp³-hybridized carbons (Fsp3) is 0.355. The third-order valence-corrected chi connectivity index (χ3v) is 6.70. The maximum Gasteiger partial charge on any atom is 0.180 e. The minimum Gasteiger partial charge on any atom is -0.452 e. The van der Waals surface area contributed by atoms with Gasteiger partial charge in [-0.1, -0.05) is 59.7 Å². The standard InChI is InChI=1S/C31H34N2O/c1-18-11-21-14-22(15-25(31(6,7)8)24(21)12-19(18)2)27-29-28(33-17-32-27)23-10-9-20(13-26(23)34-29)16-30(3,4)5/h9-15,17H,16H2,1-8H3. The van der Waals surface area contributed by atoms with Crippen molar-refractivity contribution in [1.82, 2.24) is 9.97 Å². The Bertz CT molecular complexity index is 1560. The SMILES string of the molecule is Cc1cc2cc(-c3ncnc4c3oc3cc(CC(C)(C)C)ccc34)cc(C(C)(C)C)c2cc1C. The third kappa shape index (κ3) is 3.98. The van der Waals surface area contributed by atoms with Gasteiger partial charge in [-0.3, -0.25) is 0 Å². The number of hydrogen-bond donors (Lipinski definition) is 0. The molecule has 0 N–H and O–H groups in total. The lowest BCUT2D eigenvalue weighted by Gasteiger charge is -2.23. The van der Waals surface area contributed by atoms with Crippen molar-refractivity contribution in [2.75, 3.05) is 0 Å². The number of benzene rings is 3. The zero-order valence-corrected chi connectivity index (χ0v) is 21.6. The Morgan fingerprint density at radius 3 is 2.24 bits per heavy atom. The molecule has 0 aliphatic heterocycles. The molecule has 0 atom stereocenters. The molecule has 3 nitrogen and oxygen atoms in total. The molecule has 2 aromatic heterocycles. The molecule has 0 amide bonds. The molecular weight excluding hydrogens is 416 g/mol. The van der Waals surface area contributed by atoms with Gasteiger partial charge in [-0.25, -0.2) is 9.97 Å². The first-order valence-electron chi connectivity index (χ1n) is 12.1. The minimum absolute atomic E-state index is 0.00214. The first-order valence-corrected chi connectivity index (χ1v) is 12.1. The van der Waals surface area contributed by atoms with Gasteiger partial charge in [0.15, 0.2) is 5.58 Å². The monoisotopic (exact) mass is 450 g/mol. The van der Waals surface area contributed by atoms with Crippen LogP contribution in [-0.4, -0.2) is 9.97 Å². The van der Waals surface area contributed by atoms with E-state index in [1.165, 1.54) is 33.0 Å². The summed E-state index contributed by atoms with van der Waals surface area (Å²) < 4.78 is 6.45. The second-order valence-electron chi connectivity index (χ2n) is 12.0. The van der Waals surface area contributed by atoms with Crippen LogP contribution in [0.25, 0.3) is 44.1 Å². The van der Waals surface area contributed by atoms with Crippen molar-refractivity contribution < 1.29 is 4.42 Å². The number of aromatic nitrogens is 2. The molecule has 0 radical (unpaired) electrons. The van der Waals surface area contributed by atoms with Crippen molar-refractivity contribution >= 4 is 32.8 Å². The molecular formula is C31H34N2O. The van der Waals surface area contributed by atoms with Crippen molar-refractivity contribution in [1.29, 1.82) is 0 Å². The van der Waals surface area contributed by atoms with Gasteiger partial charge < -0.3 is 4.42 Å². The Balaban J connectivity index is 1.76. The third-order valence-electron chi connectivity index (χ3n) is 6.70. The van der Waals surface area contributed by atoms with Crippen molar-refractivity contribution in [3.63, 3.8) is 0 Å². The number of aryl methyl sites for hydroxylation is 2. The highest BCUT2D eigenvalue weighted by Crippen LogP contribution is 2.39. The molecule has 0 unspecified atom stereocenters. The summed E-state index contributed by atoms with van der Waals surface area (Å²) in [6.07, 6.45) is 2.66. The Morgan fingerprint density at radius 1 is 0.794 bits per heavy atom. The highest BCUT2D eigenvalue weighted by atomic mass is 16.3. The lowest BCUT2D eigenvalue weighted by Crippen LogP contribution is -2.12. The lowest BCUT2D eigenvalue weighted by atomic mass is 9.81. The van der Waals surface area contributed by atoms with Crippen LogP contribution in [0.1, 0.15) is 63.8 Å². The molecule has 2 heterocycles. The van der Waals surface area contributed by atoms with Crippen LogP contribution in [0, 0.1) is 19.3 Å². The second kappa shape index (κ2) is 7.66. The van der Waals surface area contributed by atoms with Gasteiger partial charge in [-0.2, -0.15) is 0 Å². The van der Waals surface area contributed by atoms with Gasteiger partial charge >= 0.3 is 0 Å². The summed E-state index contributed by atoms with van der Waals surface area (Å²) >= 11 is 0. The highest BCUT2D eigenvalue weighted by Gasteiger charge is 2.22. The van der Waals surface area contributed by atoms with Crippen LogP contribution in [0.4, 0.5) is 0 Å². The van der Waals surface area contributed by atoms with E-state index in [4.69, 9.17) is 9.40 Å². The Kier molecular flexibility index (Phi) is 5.09. The van der Waals surface area contributed by atoms with E-state index in [1.807, 2.05) is 0 Å². The smallest absolute Gasteiger partial charge is 0.180 e. The number of nitrogens with zero attached hydrogens (tertiary/aromatic N) is 2. The van der Waals surface area contributed by atoms with Crippen LogP contribution >= 0.6 is 0 Å². The summed E-state index contributed by atoms with van der Waals surface area (Å²) in [5.41, 5.74) is 9.86. The number of hydrogen-bond acceptors (Lipinski definition) is 3. The van der Waals surface area contributed by atoms with Gasteiger partial charge in [0.25, 0.3) is 0 Å². The highest BCUT2D eigenvalue weighted by molar-refractivity contribution is 6.07. The van der Waals surface area contributed by atoms with Gasteiger partial charge in [0, 0.05) is 10.9 Å². The van der Waals surface area contributed by atoms with E-state index in [1.54, 1.807) is 6.33 Å². The van der Waals surface area contributed by atoms with E-state index in [0.717, 1.165) is 39.7 Å². The predicted octanol–water partition coefficient (Wildman–Crippen LogP) is 8.70. The summed E-state index contributed by atoms with van der Waals surface area (Å²) in [6, 6.07) is 15.7. The van der Waals surface area contributed by atoms with E-state index in [9.17, 15) is 0 Å². The Labute approximate surface area is 202 Å². The van der Waals surface area contributed by atoms with Gasteiger partial charge in [0.1, 0.15) is 23.1 Å². The first-order chi connectivity index (χ1) is 15.9. The van der Waals surface area contributed by atoms with E-state index >= 15 is 0 Å². The molecule has 174 valence electrons. The number of rotatable bonds is 2. The molecule has 5 aromatic rings. The molecule has 0 saturated carbocycles. The van der Waals surface area contributed by atoms with Crippen molar-refractivity contribution in [3.05, 3.63) is 71.0 Å². The average molecular weight is 451 g/mol. The first kappa shape index (κ1) is 22.6. The van der Waals surface area contributed by atoms with E-state index in [2.05, 4.69) is 103 Å². The largest absolute Gasteiger partial charge is 0.452 e. The van der Waals surface area contributed by atoms with Gasteiger partial charge in [0.05, 0.1) is 0 Å². The maximum atomic E-state index is 6.45. The molecule has 0 fully saturated rings. The zero-order valence-electron chi connectivity index (χ0n) is 21.6. The quantitative estimate of drug-likeness (QED) is 0.270. The molecule has 0 bridgehead atoms. The van der Waals surface area contributed by atoms with Crippen molar-refractivity contribution in [2.24, 2.45) is 5.41 Å². The summed E-state index contributed by atoms with van der Waals surface area (Å²) in [7, 11) is 0. The average Bonchev–Trinajstić information content (AvgIpc) is 3.09. The van der Waals surface area contributed by atoms with E-state index in [0.29, 0.717) is 0 Å².